The molecule has 230 valence electrons. The molecule has 16 heteroatoms. The predicted molar refractivity (Wildman–Crippen MR) is 135 cm³/mol. The Balaban J connectivity index is 2.06. The summed E-state index contributed by atoms with van der Waals surface area (Å²) in [6.07, 6.45) is -12.6. The van der Waals surface area contributed by atoms with Gasteiger partial charge in [0.25, 0.3) is 5.56 Å². The Hall–Kier alpha value is -3.72. The van der Waals surface area contributed by atoms with Gasteiger partial charge in [0.05, 0.1) is 13.2 Å². The van der Waals surface area contributed by atoms with Crippen LogP contribution < -0.4 is 26.0 Å². The Labute approximate surface area is 231 Å². The van der Waals surface area contributed by atoms with Crippen molar-refractivity contribution in [3.05, 3.63) is 45.1 Å². The van der Waals surface area contributed by atoms with Crippen LogP contribution in [0.25, 0.3) is 0 Å². The van der Waals surface area contributed by atoms with Crippen LogP contribution in [-0.4, -0.2) is 58.0 Å². The number of aromatic nitrogens is 3. The lowest BCUT2D eigenvalue weighted by molar-refractivity contribution is -0.158. The van der Waals surface area contributed by atoms with Crippen molar-refractivity contribution in [1.82, 2.24) is 14.3 Å². The lowest BCUT2D eigenvalue weighted by Crippen LogP contribution is -2.43. The van der Waals surface area contributed by atoms with Gasteiger partial charge in [-0.1, -0.05) is 0 Å². The molecule has 0 saturated heterocycles. The van der Waals surface area contributed by atoms with E-state index in [1.807, 2.05) is 0 Å². The maximum atomic E-state index is 12.7. The topological polar surface area (TPSA) is 114 Å². The van der Waals surface area contributed by atoms with E-state index < -0.39 is 79.8 Å². The van der Waals surface area contributed by atoms with Crippen molar-refractivity contribution in [3.8, 4) is 11.5 Å². The van der Waals surface area contributed by atoms with E-state index in [0.717, 1.165) is 0 Å². The molecule has 0 atom stereocenters. The standard InChI is InChI=1S/C25H32F6N4O6/c1-4-39-21(37)23(2,3)41-18-9-7-17(8-10-18)40-16-13-32-19-20(36)34(14-5-11-24(26,27)28)22(38)35(33-19)15-6-12-25(29,30)31/h7-10H,4-6,11-16H2,1-3H3,(H,32,33). The molecule has 2 aromatic rings. The van der Waals surface area contributed by atoms with E-state index in [1.165, 1.54) is 0 Å². The maximum absolute atomic E-state index is 12.7. The Bertz CT molecular complexity index is 1260. The average molecular weight is 599 g/mol. The number of halogens is 6. The van der Waals surface area contributed by atoms with Gasteiger partial charge in [0.15, 0.2) is 5.60 Å². The molecule has 1 N–H and O–H groups in total. The summed E-state index contributed by atoms with van der Waals surface area (Å²) in [4.78, 5) is 37.3. The van der Waals surface area contributed by atoms with Crippen LogP contribution in [0.5, 0.6) is 11.5 Å². The molecule has 1 aromatic heterocycles. The Kier molecular flexibility index (Phi) is 11.6. The van der Waals surface area contributed by atoms with Crippen molar-refractivity contribution < 1.29 is 45.3 Å². The van der Waals surface area contributed by atoms with Crippen LogP contribution >= 0.6 is 0 Å². The van der Waals surface area contributed by atoms with Crippen LogP contribution in [0.3, 0.4) is 0 Å². The van der Waals surface area contributed by atoms with Gasteiger partial charge in [-0.3, -0.25) is 9.36 Å². The van der Waals surface area contributed by atoms with E-state index in [4.69, 9.17) is 14.2 Å². The van der Waals surface area contributed by atoms with E-state index >= 15 is 0 Å². The van der Waals surface area contributed by atoms with Gasteiger partial charge < -0.3 is 19.5 Å². The summed E-state index contributed by atoms with van der Waals surface area (Å²) in [5, 5.41) is 6.41. The molecular formula is C25H32F6N4O6. The van der Waals surface area contributed by atoms with E-state index in [-0.39, 0.29) is 19.8 Å². The highest BCUT2D eigenvalue weighted by molar-refractivity contribution is 5.79. The molecule has 0 saturated carbocycles. The normalized spacial score (nSPS) is 12.2. The smallest absolute Gasteiger partial charge is 0.389 e. The summed E-state index contributed by atoms with van der Waals surface area (Å²) < 4.78 is 92.6. The minimum Gasteiger partial charge on any atom is -0.492 e. The average Bonchev–Trinajstić information content (AvgIpc) is 2.85. The summed E-state index contributed by atoms with van der Waals surface area (Å²) in [6, 6.07) is 6.23. The number of hydrogen-bond donors (Lipinski definition) is 1. The minimum absolute atomic E-state index is 0.0308. The lowest BCUT2D eigenvalue weighted by Gasteiger charge is -2.24. The summed E-state index contributed by atoms with van der Waals surface area (Å²) in [6.45, 7) is 3.83. The van der Waals surface area contributed by atoms with Gasteiger partial charge in [0.1, 0.15) is 18.1 Å². The van der Waals surface area contributed by atoms with Gasteiger partial charge >= 0.3 is 24.0 Å². The zero-order chi connectivity index (χ0) is 30.8. The fraction of sp³-hybridized carbons (Fsp3) is 0.600. The third-order valence-electron chi connectivity index (χ3n) is 5.42. The second kappa shape index (κ2) is 14.3. The van der Waals surface area contributed by atoms with Crippen LogP contribution in [0.2, 0.25) is 0 Å². The molecule has 0 unspecified atom stereocenters. The Morgan fingerprint density at radius 2 is 1.49 bits per heavy atom. The number of aryl methyl sites for hydroxylation is 1. The van der Waals surface area contributed by atoms with Crippen molar-refractivity contribution >= 4 is 11.8 Å². The predicted octanol–water partition coefficient (Wildman–Crippen LogP) is 4.30. The highest BCUT2D eigenvalue weighted by atomic mass is 19.4. The fourth-order valence-corrected chi connectivity index (χ4v) is 3.46. The second-order valence-corrected chi connectivity index (χ2v) is 9.33. The molecule has 0 fully saturated rings. The number of alkyl halides is 6. The van der Waals surface area contributed by atoms with Crippen LogP contribution in [0.4, 0.5) is 32.2 Å². The van der Waals surface area contributed by atoms with E-state index in [0.29, 0.717) is 20.7 Å². The number of benzene rings is 1. The molecule has 41 heavy (non-hydrogen) atoms. The molecule has 0 amide bonds. The van der Waals surface area contributed by atoms with Gasteiger partial charge in [0.2, 0.25) is 5.82 Å². The first-order chi connectivity index (χ1) is 19.0. The first-order valence-electron chi connectivity index (χ1n) is 12.7. The van der Waals surface area contributed by atoms with Crippen molar-refractivity contribution in [2.75, 3.05) is 25.1 Å². The molecule has 0 bridgehead atoms. The summed E-state index contributed by atoms with van der Waals surface area (Å²) in [5.41, 5.74) is -3.33. The number of nitrogens with zero attached hydrogens (tertiary/aromatic N) is 3. The number of rotatable bonds is 15. The number of hydrogen-bond acceptors (Lipinski definition) is 8. The molecular weight excluding hydrogens is 566 g/mol. The zero-order valence-corrected chi connectivity index (χ0v) is 22.7. The quantitative estimate of drug-likeness (QED) is 0.184. The number of nitrogens with one attached hydrogen (secondary N) is 1. The number of anilines is 1. The van der Waals surface area contributed by atoms with Crippen LogP contribution in [0.15, 0.2) is 33.9 Å². The maximum Gasteiger partial charge on any atom is 0.389 e. The Morgan fingerprint density at radius 3 is 2.05 bits per heavy atom. The molecule has 2 rings (SSSR count). The molecule has 10 nitrogen and oxygen atoms in total. The highest BCUT2D eigenvalue weighted by Gasteiger charge is 2.31. The summed E-state index contributed by atoms with van der Waals surface area (Å²) in [7, 11) is 0. The molecule has 0 radical (unpaired) electrons. The SMILES string of the molecule is CCOC(=O)C(C)(C)Oc1ccc(OCCNc2nn(CCCC(F)(F)F)c(=O)n(CCCC(F)(F)F)c2=O)cc1. The molecule has 0 aliphatic rings. The van der Waals surface area contributed by atoms with E-state index in [2.05, 4.69) is 10.4 Å². The van der Waals surface area contributed by atoms with Crippen LogP contribution in [0.1, 0.15) is 46.5 Å². The van der Waals surface area contributed by atoms with Gasteiger partial charge in [0, 0.05) is 25.9 Å². The summed E-state index contributed by atoms with van der Waals surface area (Å²) >= 11 is 0. The molecule has 0 spiro atoms. The number of ether oxygens (including phenoxy) is 3. The van der Waals surface area contributed by atoms with Gasteiger partial charge in [-0.2, -0.15) is 26.3 Å². The lowest BCUT2D eigenvalue weighted by atomic mass is 10.1. The van der Waals surface area contributed by atoms with Crippen molar-refractivity contribution in [2.24, 2.45) is 0 Å². The van der Waals surface area contributed by atoms with Gasteiger partial charge in [-0.05, 0) is 57.9 Å². The van der Waals surface area contributed by atoms with E-state index in [9.17, 15) is 40.7 Å². The molecule has 1 heterocycles. The molecule has 0 aliphatic carbocycles. The minimum atomic E-state index is -4.51. The summed E-state index contributed by atoms with van der Waals surface area (Å²) in [5.74, 6) is -0.192. The number of carbonyl (C=O) groups excluding carboxylic acids is 1. The van der Waals surface area contributed by atoms with Gasteiger partial charge in [-0.25, -0.2) is 14.3 Å². The monoisotopic (exact) mass is 598 g/mol. The van der Waals surface area contributed by atoms with Crippen LogP contribution in [0, 0.1) is 0 Å². The van der Waals surface area contributed by atoms with Crippen molar-refractivity contribution in [3.63, 3.8) is 0 Å². The van der Waals surface area contributed by atoms with Crippen molar-refractivity contribution in [1.29, 1.82) is 0 Å². The second-order valence-electron chi connectivity index (χ2n) is 9.33. The first-order valence-corrected chi connectivity index (χ1v) is 12.7. The van der Waals surface area contributed by atoms with E-state index in [1.54, 1.807) is 45.0 Å². The largest absolute Gasteiger partial charge is 0.492 e. The van der Waals surface area contributed by atoms with Crippen LogP contribution in [-0.2, 0) is 22.6 Å². The first kappa shape index (κ1) is 33.5. The third kappa shape index (κ3) is 11.4. The zero-order valence-electron chi connectivity index (χ0n) is 22.7. The third-order valence-corrected chi connectivity index (χ3v) is 5.42. The molecule has 1 aromatic carbocycles. The number of carbonyl (C=O) groups is 1. The Morgan fingerprint density at radius 1 is 0.927 bits per heavy atom. The van der Waals surface area contributed by atoms with Gasteiger partial charge in [-0.15, -0.1) is 5.10 Å². The molecule has 0 aliphatic heterocycles. The van der Waals surface area contributed by atoms with Crippen molar-refractivity contribution in [2.45, 2.75) is 77.5 Å². The number of esters is 1. The highest BCUT2D eigenvalue weighted by Crippen LogP contribution is 2.24. The fourth-order valence-electron chi connectivity index (χ4n) is 3.46.